The molecule has 2 unspecified atom stereocenters. The Morgan fingerprint density at radius 3 is 2.60 bits per heavy atom. The Hall–Kier alpha value is -1.35. The lowest BCUT2D eigenvalue weighted by Crippen LogP contribution is -2.29. The Labute approximate surface area is 122 Å². The molecule has 0 radical (unpaired) electrons. The van der Waals surface area contributed by atoms with Crippen LogP contribution in [0.25, 0.3) is 11.0 Å². The molecule has 0 aliphatic rings. The highest BCUT2D eigenvalue weighted by Crippen LogP contribution is 2.23. The fraction of sp³-hybridized carbons (Fsp3) is 0.588. The zero-order chi connectivity index (χ0) is 14.7. The predicted octanol–water partition coefficient (Wildman–Crippen LogP) is 3.99. The van der Waals surface area contributed by atoms with Gasteiger partial charge in [0, 0.05) is 12.1 Å². The molecule has 2 aromatic rings. The van der Waals surface area contributed by atoms with Crippen LogP contribution in [0.5, 0.6) is 0 Å². The molecule has 0 saturated heterocycles. The molecule has 0 fully saturated rings. The number of fused-ring (bicyclic) bond motifs is 1. The summed E-state index contributed by atoms with van der Waals surface area (Å²) in [4.78, 5) is 4.55. The van der Waals surface area contributed by atoms with Gasteiger partial charge in [0.15, 0.2) is 0 Å². The molecular weight excluding hydrogens is 246 g/mol. The summed E-state index contributed by atoms with van der Waals surface area (Å²) in [5.41, 5.74) is 5.01. The molecule has 1 aromatic heterocycles. The third-order valence-electron chi connectivity index (χ3n) is 4.10. The average Bonchev–Trinajstić information content (AvgIpc) is 2.79. The highest BCUT2D eigenvalue weighted by atomic mass is 15.1. The van der Waals surface area contributed by atoms with Crippen molar-refractivity contribution in [3.63, 3.8) is 0 Å². The van der Waals surface area contributed by atoms with Crippen LogP contribution >= 0.6 is 0 Å². The third kappa shape index (κ3) is 3.21. The number of hydrogen-bond donors (Lipinski definition) is 1. The van der Waals surface area contributed by atoms with Crippen molar-refractivity contribution < 1.29 is 0 Å². The number of nitrogens with one attached hydrogen (secondary N) is 1. The van der Waals surface area contributed by atoms with Crippen LogP contribution in [0, 0.1) is 13.8 Å². The number of aromatic nitrogens is 2. The largest absolute Gasteiger partial charge is 0.328 e. The number of nitrogens with zero attached hydrogens (tertiary/aromatic N) is 2. The van der Waals surface area contributed by atoms with Crippen LogP contribution in [0.1, 0.15) is 50.8 Å². The first-order valence-corrected chi connectivity index (χ1v) is 7.70. The first kappa shape index (κ1) is 15.0. The molecule has 0 amide bonds. The van der Waals surface area contributed by atoms with Crippen LogP contribution in [0.4, 0.5) is 0 Å². The second kappa shape index (κ2) is 6.40. The molecule has 2 atom stereocenters. The van der Waals surface area contributed by atoms with Gasteiger partial charge in [-0.05, 0) is 70.3 Å². The molecule has 0 bridgehead atoms. The summed E-state index contributed by atoms with van der Waals surface area (Å²) < 4.78 is 2.31. The summed E-state index contributed by atoms with van der Waals surface area (Å²) in [6.07, 6.45) is 4.30. The minimum atomic E-state index is 0.460. The van der Waals surface area contributed by atoms with Crippen molar-refractivity contribution in [1.82, 2.24) is 14.9 Å². The van der Waals surface area contributed by atoms with Gasteiger partial charge >= 0.3 is 0 Å². The molecular formula is C17H27N3. The molecule has 2 rings (SSSR count). The van der Waals surface area contributed by atoms with Crippen LogP contribution in [0.2, 0.25) is 0 Å². The Morgan fingerprint density at radius 1 is 1.20 bits per heavy atom. The quantitative estimate of drug-likeness (QED) is 0.862. The van der Waals surface area contributed by atoms with Crippen molar-refractivity contribution in [3.05, 3.63) is 29.6 Å². The molecule has 1 heterocycles. The lowest BCUT2D eigenvalue weighted by Gasteiger charge is -2.20. The highest BCUT2D eigenvalue weighted by molar-refractivity contribution is 5.77. The molecule has 110 valence electrons. The van der Waals surface area contributed by atoms with Gasteiger partial charge < -0.3 is 9.88 Å². The second-order valence-corrected chi connectivity index (χ2v) is 6.02. The van der Waals surface area contributed by atoms with E-state index >= 15 is 0 Å². The van der Waals surface area contributed by atoms with E-state index in [0.29, 0.717) is 12.1 Å². The molecule has 0 aliphatic heterocycles. The fourth-order valence-corrected chi connectivity index (χ4v) is 2.73. The van der Waals surface area contributed by atoms with E-state index < -0.39 is 0 Å². The van der Waals surface area contributed by atoms with E-state index in [1.165, 1.54) is 23.1 Å². The molecule has 3 nitrogen and oxygen atoms in total. The van der Waals surface area contributed by atoms with Crippen molar-refractivity contribution in [2.24, 2.45) is 0 Å². The Balaban J connectivity index is 2.18. The number of imidazole rings is 1. The highest BCUT2D eigenvalue weighted by Gasteiger charge is 2.13. The monoisotopic (exact) mass is 273 g/mol. The lowest BCUT2D eigenvalue weighted by molar-refractivity contribution is 0.419. The van der Waals surface area contributed by atoms with Crippen molar-refractivity contribution in [2.75, 3.05) is 6.54 Å². The summed E-state index contributed by atoms with van der Waals surface area (Å²) in [5.74, 6) is 0. The first-order chi connectivity index (χ1) is 9.52. The van der Waals surface area contributed by atoms with E-state index in [9.17, 15) is 0 Å². The Morgan fingerprint density at radius 2 is 1.90 bits per heavy atom. The van der Waals surface area contributed by atoms with Gasteiger partial charge in [-0.15, -0.1) is 0 Å². The van der Waals surface area contributed by atoms with Gasteiger partial charge in [0.1, 0.15) is 0 Å². The zero-order valence-corrected chi connectivity index (χ0v) is 13.4. The molecule has 3 heteroatoms. The number of benzene rings is 1. The van der Waals surface area contributed by atoms with E-state index in [1.807, 2.05) is 6.33 Å². The summed E-state index contributed by atoms with van der Waals surface area (Å²) in [6, 6.07) is 5.45. The van der Waals surface area contributed by atoms with Crippen LogP contribution in [0.15, 0.2) is 18.5 Å². The minimum absolute atomic E-state index is 0.460. The van der Waals surface area contributed by atoms with Gasteiger partial charge in [-0.1, -0.05) is 6.92 Å². The molecule has 0 aliphatic carbocycles. The molecule has 20 heavy (non-hydrogen) atoms. The Bertz CT molecular complexity index is 571. The summed E-state index contributed by atoms with van der Waals surface area (Å²) in [6.45, 7) is 12.2. The normalized spacial score (nSPS) is 14.7. The van der Waals surface area contributed by atoms with Crippen molar-refractivity contribution in [1.29, 1.82) is 0 Å². The molecule has 0 saturated carbocycles. The molecule has 0 spiro atoms. The van der Waals surface area contributed by atoms with Gasteiger partial charge in [-0.2, -0.15) is 0 Å². The number of rotatable bonds is 6. The predicted molar refractivity (Wildman–Crippen MR) is 86.3 cm³/mol. The van der Waals surface area contributed by atoms with Crippen LogP contribution in [-0.2, 0) is 0 Å². The summed E-state index contributed by atoms with van der Waals surface area (Å²) in [7, 11) is 0. The fourth-order valence-electron chi connectivity index (χ4n) is 2.73. The average molecular weight is 273 g/mol. The van der Waals surface area contributed by atoms with Crippen molar-refractivity contribution >= 4 is 11.0 Å². The standard InChI is InChI=1S/C17H27N3/c1-6-7-18-14(4)10-15(5)20-11-19-16-8-12(2)13(3)9-17(16)20/h8-9,11,14-15,18H,6-7,10H2,1-5H3. The topological polar surface area (TPSA) is 29.9 Å². The lowest BCUT2D eigenvalue weighted by atomic mass is 10.1. The van der Waals surface area contributed by atoms with Crippen molar-refractivity contribution in [3.8, 4) is 0 Å². The van der Waals surface area contributed by atoms with Crippen LogP contribution in [-0.4, -0.2) is 22.1 Å². The van der Waals surface area contributed by atoms with Gasteiger partial charge in [0.25, 0.3) is 0 Å². The third-order valence-corrected chi connectivity index (χ3v) is 4.10. The molecule has 1 aromatic carbocycles. The van der Waals surface area contributed by atoms with E-state index in [2.05, 4.69) is 61.6 Å². The van der Waals surface area contributed by atoms with Crippen LogP contribution in [0.3, 0.4) is 0 Å². The first-order valence-electron chi connectivity index (χ1n) is 7.70. The van der Waals surface area contributed by atoms with Gasteiger partial charge in [-0.25, -0.2) is 4.98 Å². The zero-order valence-electron chi connectivity index (χ0n) is 13.4. The smallest absolute Gasteiger partial charge is 0.0960 e. The maximum Gasteiger partial charge on any atom is 0.0960 e. The van der Waals surface area contributed by atoms with Gasteiger partial charge in [0.05, 0.1) is 17.4 Å². The molecule has 1 N–H and O–H groups in total. The summed E-state index contributed by atoms with van der Waals surface area (Å²) in [5, 5.41) is 3.56. The minimum Gasteiger partial charge on any atom is -0.328 e. The maximum absolute atomic E-state index is 4.55. The van der Waals surface area contributed by atoms with E-state index in [1.54, 1.807) is 0 Å². The van der Waals surface area contributed by atoms with E-state index in [4.69, 9.17) is 0 Å². The number of aryl methyl sites for hydroxylation is 2. The Kier molecular flexibility index (Phi) is 4.81. The number of hydrogen-bond acceptors (Lipinski definition) is 2. The van der Waals surface area contributed by atoms with E-state index in [-0.39, 0.29) is 0 Å². The van der Waals surface area contributed by atoms with Gasteiger partial charge in [-0.3, -0.25) is 0 Å². The van der Waals surface area contributed by atoms with Crippen molar-refractivity contribution in [2.45, 2.75) is 59.5 Å². The SMILES string of the molecule is CCCNC(C)CC(C)n1cnc2cc(C)c(C)cc21. The second-order valence-electron chi connectivity index (χ2n) is 6.02. The van der Waals surface area contributed by atoms with Crippen LogP contribution < -0.4 is 5.32 Å². The summed E-state index contributed by atoms with van der Waals surface area (Å²) >= 11 is 0. The maximum atomic E-state index is 4.55. The van der Waals surface area contributed by atoms with E-state index in [0.717, 1.165) is 18.5 Å². The van der Waals surface area contributed by atoms with Gasteiger partial charge in [0.2, 0.25) is 0 Å².